The highest BCUT2D eigenvalue weighted by atomic mass is 19.4. The molecule has 0 spiro atoms. The summed E-state index contributed by atoms with van der Waals surface area (Å²) in [5.74, 6) is -0.233. The van der Waals surface area contributed by atoms with E-state index < -0.39 is 11.7 Å². The Morgan fingerprint density at radius 1 is 0.788 bits per heavy atom. The van der Waals surface area contributed by atoms with E-state index in [1.54, 1.807) is 24.3 Å². The molecule has 0 saturated carbocycles. The Balaban J connectivity index is 0.000000968. The van der Waals surface area contributed by atoms with E-state index in [0.717, 1.165) is 42.2 Å². The summed E-state index contributed by atoms with van der Waals surface area (Å²) in [4.78, 5) is 14.8. The van der Waals surface area contributed by atoms with Crippen LogP contribution in [0.1, 0.15) is 28.8 Å². The fraction of sp³-hybridized carbons (Fsp3) is 0.269. The number of rotatable bonds is 4. The predicted molar refractivity (Wildman–Crippen MR) is 128 cm³/mol. The molecule has 1 amide bonds. The zero-order valence-electron chi connectivity index (χ0n) is 18.7. The second-order valence-corrected chi connectivity index (χ2v) is 7.85. The first-order valence-electron chi connectivity index (χ1n) is 10.8. The third-order valence-electron chi connectivity index (χ3n) is 5.29. The standard InChI is InChI=1S/C24H21F3N2O.C2H7N/c25-24(26,27)20-9-7-18(8-10-20)17-3-5-19(6-4-17)23(30)28-21-11-13-22(14-12-21)29-15-1-2-16-29;1-3-2/h3-14H,1-2,15-16H2,(H,28,30);3H,1-2H3. The van der Waals surface area contributed by atoms with Crippen LogP contribution in [0.4, 0.5) is 24.5 Å². The van der Waals surface area contributed by atoms with Gasteiger partial charge in [-0.3, -0.25) is 4.79 Å². The minimum absolute atomic E-state index is 0.233. The van der Waals surface area contributed by atoms with Crippen LogP contribution in [0.3, 0.4) is 0 Å². The van der Waals surface area contributed by atoms with Crippen molar-refractivity contribution in [3.05, 3.63) is 83.9 Å². The summed E-state index contributed by atoms with van der Waals surface area (Å²) in [5, 5.41) is 5.63. The average molecular weight is 456 g/mol. The quantitative estimate of drug-likeness (QED) is 0.503. The maximum atomic E-state index is 12.7. The van der Waals surface area contributed by atoms with Gasteiger partial charge in [0, 0.05) is 30.0 Å². The minimum atomic E-state index is -4.35. The number of nitrogens with zero attached hydrogens (tertiary/aromatic N) is 1. The average Bonchev–Trinajstić information content (AvgIpc) is 3.35. The molecule has 3 aromatic rings. The molecule has 3 aromatic carbocycles. The van der Waals surface area contributed by atoms with Crippen LogP contribution in [0.2, 0.25) is 0 Å². The van der Waals surface area contributed by atoms with E-state index >= 15 is 0 Å². The van der Waals surface area contributed by atoms with E-state index in [1.165, 1.54) is 25.0 Å². The van der Waals surface area contributed by atoms with Crippen LogP contribution in [0.15, 0.2) is 72.8 Å². The number of hydrogen-bond donors (Lipinski definition) is 2. The summed E-state index contributed by atoms with van der Waals surface area (Å²) in [6.45, 7) is 2.13. The molecule has 1 aliphatic heterocycles. The lowest BCUT2D eigenvalue weighted by atomic mass is 10.0. The van der Waals surface area contributed by atoms with E-state index in [2.05, 4.69) is 15.5 Å². The molecular formula is C26H28F3N3O. The highest BCUT2D eigenvalue weighted by molar-refractivity contribution is 6.04. The minimum Gasteiger partial charge on any atom is -0.372 e. The van der Waals surface area contributed by atoms with Crippen molar-refractivity contribution in [1.82, 2.24) is 5.32 Å². The largest absolute Gasteiger partial charge is 0.416 e. The highest BCUT2D eigenvalue weighted by Gasteiger charge is 2.29. The van der Waals surface area contributed by atoms with Gasteiger partial charge in [-0.05, 0) is 86.6 Å². The third kappa shape index (κ3) is 6.58. The van der Waals surface area contributed by atoms with Gasteiger partial charge in [-0.25, -0.2) is 0 Å². The van der Waals surface area contributed by atoms with Crippen molar-refractivity contribution in [2.45, 2.75) is 19.0 Å². The molecule has 1 aliphatic rings. The zero-order valence-corrected chi connectivity index (χ0v) is 18.7. The van der Waals surface area contributed by atoms with E-state index in [9.17, 15) is 18.0 Å². The molecule has 33 heavy (non-hydrogen) atoms. The molecule has 1 fully saturated rings. The van der Waals surface area contributed by atoms with Gasteiger partial charge in [-0.15, -0.1) is 0 Å². The number of anilines is 2. The molecular weight excluding hydrogens is 427 g/mol. The molecule has 174 valence electrons. The van der Waals surface area contributed by atoms with Crippen LogP contribution in [0, 0.1) is 0 Å². The van der Waals surface area contributed by atoms with Crippen molar-refractivity contribution < 1.29 is 18.0 Å². The Labute approximate surface area is 192 Å². The molecule has 0 unspecified atom stereocenters. The summed E-state index contributed by atoms with van der Waals surface area (Å²) in [6.07, 6.45) is -1.94. The first kappa shape index (κ1) is 24.3. The van der Waals surface area contributed by atoms with Crippen LogP contribution in [0.25, 0.3) is 11.1 Å². The molecule has 7 heteroatoms. The predicted octanol–water partition coefficient (Wildman–Crippen LogP) is 6.06. The SMILES string of the molecule is CNC.O=C(Nc1ccc(N2CCCC2)cc1)c1ccc(-c2ccc(C(F)(F)F)cc2)cc1. The Hall–Kier alpha value is -3.32. The fourth-order valence-electron chi connectivity index (χ4n) is 3.60. The molecule has 0 aliphatic carbocycles. The number of halogens is 3. The van der Waals surface area contributed by atoms with E-state index in [1.807, 2.05) is 38.4 Å². The van der Waals surface area contributed by atoms with Gasteiger partial charge in [0.15, 0.2) is 0 Å². The Morgan fingerprint density at radius 3 is 1.76 bits per heavy atom. The zero-order chi connectivity index (χ0) is 23.8. The maximum absolute atomic E-state index is 12.7. The van der Waals surface area contributed by atoms with Crippen molar-refractivity contribution in [2.24, 2.45) is 0 Å². The number of amides is 1. The first-order chi connectivity index (χ1) is 15.8. The lowest BCUT2D eigenvalue weighted by molar-refractivity contribution is -0.137. The molecule has 1 saturated heterocycles. The molecule has 0 aromatic heterocycles. The topological polar surface area (TPSA) is 44.4 Å². The normalized spacial score (nSPS) is 13.3. The van der Waals surface area contributed by atoms with Gasteiger partial charge in [-0.1, -0.05) is 24.3 Å². The van der Waals surface area contributed by atoms with Gasteiger partial charge >= 0.3 is 6.18 Å². The number of carbonyl (C=O) groups excluding carboxylic acids is 1. The van der Waals surface area contributed by atoms with Crippen molar-refractivity contribution in [3.63, 3.8) is 0 Å². The van der Waals surface area contributed by atoms with Crippen LogP contribution < -0.4 is 15.5 Å². The Morgan fingerprint density at radius 2 is 1.27 bits per heavy atom. The van der Waals surface area contributed by atoms with Gasteiger partial charge < -0.3 is 15.5 Å². The van der Waals surface area contributed by atoms with Crippen molar-refractivity contribution in [1.29, 1.82) is 0 Å². The monoisotopic (exact) mass is 455 g/mol. The number of carbonyl (C=O) groups is 1. The molecule has 2 N–H and O–H groups in total. The third-order valence-corrected chi connectivity index (χ3v) is 5.29. The van der Waals surface area contributed by atoms with Crippen LogP contribution in [-0.2, 0) is 6.18 Å². The Bertz CT molecular complexity index is 1020. The highest BCUT2D eigenvalue weighted by Crippen LogP contribution is 2.31. The summed E-state index contributed by atoms with van der Waals surface area (Å²) in [5.41, 5.74) is 3.08. The number of nitrogens with one attached hydrogen (secondary N) is 2. The summed E-state index contributed by atoms with van der Waals surface area (Å²) >= 11 is 0. The van der Waals surface area contributed by atoms with Crippen LogP contribution in [0.5, 0.6) is 0 Å². The number of alkyl halides is 3. The van der Waals surface area contributed by atoms with Gasteiger partial charge in [0.05, 0.1) is 5.56 Å². The fourth-order valence-corrected chi connectivity index (χ4v) is 3.60. The lowest BCUT2D eigenvalue weighted by Gasteiger charge is -2.17. The number of benzene rings is 3. The summed E-state index contributed by atoms with van der Waals surface area (Å²) < 4.78 is 38.1. The Kier molecular flexibility index (Phi) is 8.11. The van der Waals surface area contributed by atoms with E-state index in [-0.39, 0.29) is 5.91 Å². The maximum Gasteiger partial charge on any atom is 0.416 e. The molecule has 0 bridgehead atoms. The smallest absolute Gasteiger partial charge is 0.372 e. The number of hydrogen-bond acceptors (Lipinski definition) is 3. The van der Waals surface area contributed by atoms with Crippen molar-refractivity contribution in [2.75, 3.05) is 37.4 Å². The van der Waals surface area contributed by atoms with Crippen molar-refractivity contribution in [3.8, 4) is 11.1 Å². The van der Waals surface area contributed by atoms with Crippen molar-refractivity contribution >= 4 is 17.3 Å². The van der Waals surface area contributed by atoms with Gasteiger partial charge in [-0.2, -0.15) is 13.2 Å². The first-order valence-corrected chi connectivity index (χ1v) is 10.8. The van der Waals surface area contributed by atoms with E-state index in [0.29, 0.717) is 11.1 Å². The lowest BCUT2D eigenvalue weighted by Crippen LogP contribution is -2.17. The van der Waals surface area contributed by atoms with E-state index in [4.69, 9.17) is 0 Å². The van der Waals surface area contributed by atoms with Gasteiger partial charge in [0.25, 0.3) is 5.91 Å². The van der Waals surface area contributed by atoms with Crippen LogP contribution in [-0.4, -0.2) is 33.1 Å². The molecule has 1 heterocycles. The second-order valence-electron chi connectivity index (χ2n) is 7.85. The second kappa shape index (κ2) is 11.0. The van der Waals surface area contributed by atoms with Gasteiger partial charge in [0.2, 0.25) is 0 Å². The molecule has 4 rings (SSSR count). The molecule has 0 radical (unpaired) electrons. The van der Waals surface area contributed by atoms with Crippen LogP contribution >= 0.6 is 0 Å². The molecule has 0 atom stereocenters. The summed E-state index contributed by atoms with van der Waals surface area (Å²) in [7, 11) is 3.75. The summed E-state index contributed by atoms with van der Waals surface area (Å²) in [6, 6.07) is 19.6. The van der Waals surface area contributed by atoms with Gasteiger partial charge in [0.1, 0.15) is 0 Å². The molecule has 4 nitrogen and oxygen atoms in total.